The monoisotopic (exact) mass is 336 g/mol. The number of hydrogen-bond donors (Lipinski definition) is 0. The van der Waals surface area contributed by atoms with Gasteiger partial charge in [-0.15, -0.1) is 5.54 Å². The van der Waals surface area contributed by atoms with Gasteiger partial charge in [0.25, 0.3) is 0 Å². The normalized spacial score (nSPS) is 11.3. The SMILES string of the molecule is CC[Si](C#Cc1ccc2nc(Cl)nc(Cl)c2c1)(CC)CC. The molecule has 0 amide bonds. The Hall–Kier alpha value is -1.08. The van der Waals surface area contributed by atoms with Crippen LogP contribution in [0.25, 0.3) is 10.9 Å². The van der Waals surface area contributed by atoms with E-state index >= 15 is 0 Å². The van der Waals surface area contributed by atoms with Crippen molar-refractivity contribution in [2.45, 2.75) is 38.9 Å². The average Bonchev–Trinajstić information content (AvgIpc) is 2.49. The molecule has 0 aliphatic heterocycles. The van der Waals surface area contributed by atoms with Crippen LogP contribution < -0.4 is 0 Å². The molecular weight excluding hydrogens is 319 g/mol. The van der Waals surface area contributed by atoms with E-state index in [0.717, 1.165) is 16.5 Å². The molecule has 0 bridgehead atoms. The Kier molecular flexibility index (Phi) is 5.26. The lowest BCUT2D eigenvalue weighted by Crippen LogP contribution is -2.29. The molecule has 0 saturated carbocycles. The van der Waals surface area contributed by atoms with E-state index in [9.17, 15) is 0 Å². The number of fused-ring (bicyclic) bond motifs is 1. The quantitative estimate of drug-likeness (QED) is 0.327. The lowest BCUT2D eigenvalue weighted by molar-refractivity contribution is 1.20. The molecule has 2 rings (SSSR count). The standard InChI is InChI=1S/C16H18Cl2N2Si/c1-4-21(5-2,6-3)10-9-12-7-8-14-13(11-12)15(17)20-16(18)19-14/h7-8,11H,4-6H2,1-3H3. The number of aromatic nitrogens is 2. The molecule has 0 N–H and O–H groups in total. The van der Waals surface area contributed by atoms with Gasteiger partial charge in [0, 0.05) is 10.9 Å². The summed E-state index contributed by atoms with van der Waals surface area (Å²) in [6, 6.07) is 9.39. The number of nitrogens with zero attached hydrogens (tertiary/aromatic N) is 2. The molecular formula is C16H18Cl2N2Si. The van der Waals surface area contributed by atoms with Gasteiger partial charge >= 0.3 is 0 Å². The first-order valence-corrected chi connectivity index (χ1v) is 10.6. The van der Waals surface area contributed by atoms with Gasteiger partial charge in [0.2, 0.25) is 5.28 Å². The van der Waals surface area contributed by atoms with Crippen LogP contribution in [0.4, 0.5) is 0 Å². The van der Waals surface area contributed by atoms with Crippen molar-refractivity contribution in [2.75, 3.05) is 0 Å². The minimum atomic E-state index is -1.44. The molecule has 0 aliphatic rings. The molecule has 1 aromatic carbocycles. The average molecular weight is 337 g/mol. The summed E-state index contributed by atoms with van der Waals surface area (Å²) in [5.74, 6) is 3.34. The van der Waals surface area contributed by atoms with Crippen LogP contribution in [-0.2, 0) is 0 Å². The fraction of sp³-hybridized carbons (Fsp3) is 0.375. The molecule has 2 nitrogen and oxygen atoms in total. The summed E-state index contributed by atoms with van der Waals surface area (Å²) in [6.45, 7) is 6.75. The van der Waals surface area contributed by atoms with E-state index in [1.165, 1.54) is 18.1 Å². The molecule has 1 aromatic heterocycles. The fourth-order valence-corrected chi connectivity index (χ4v) is 5.25. The van der Waals surface area contributed by atoms with Crippen molar-refractivity contribution < 1.29 is 0 Å². The maximum atomic E-state index is 6.13. The van der Waals surface area contributed by atoms with Gasteiger partial charge < -0.3 is 0 Å². The Balaban J connectivity index is 2.45. The van der Waals surface area contributed by atoms with Gasteiger partial charge in [-0.05, 0) is 47.9 Å². The molecule has 21 heavy (non-hydrogen) atoms. The van der Waals surface area contributed by atoms with Gasteiger partial charge in [0.1, 0.15) is 13.2 Å². The first-order valence-electron chi connectivity index (χ1n) is 7.19. The second-order valence-corrected chi connectivity index (χ2v) is 10.7. The first kappa shape index (κ1) is 16.3. The highest BCUT2D eigenvalue weighted by Crippen LogP contribution is 2.23. The zero-order valence-electron chi connectivity index (χ0n) is 12.5. The van der Waals surface area contributed by atoms with Crippen molar-refractivity contribution in [3.8, 4) is 11.5 Å². The van der Waals surface area contributed by atoms with E-state index in [2.05, 4.69) is 42.2 Å². The Bertz CT molecular complexity index is 707. The fourth-order valence-electron chi connectivity index (χ4n) is 2.36. The van der Waals surface area contributed by atoms with Crippen molar-refractivity contribution >= 4 is 42.2 Å². The van der Waals surface area contributed by atoms with Crippen LogP contribution in [0.15, 0.2) is 18.2 Å². The van der Waals surface area contributed by atoms with Crippen LogP contribution in [0.2, 0.25) is 28.6 Å². The summed E-state index contributed by atoms with van der Waals surface area (Å²) in [5.41, 5.74) is 5.28. The van der Waals surface area contributed by atoms with Gasteiger partial charge in [-0.3, -0.25) is 0 Å². The van der Waals surface area contributed by atoms with Gasteiger partial charge in [-0.25, -0.2) is 9.97 Å². The third-order valence-corrected chi connectivity index (χ3v) is 9.30. The van der Waals surface area contributed by atoms with Crippen molar-refractivity contribution in [3.05, 3.63) is 34.2 Å². The summed E-state index contributed by atoms with van der Waals surface area (Å²) in [7, 11) is -1.44. The highest BCUT2D eigenvalue weighted by molar-refractivity contribution is 6.87. The molecule has 1 heterocycles. The van der Waals surface area contributed by atoms with Crippen LogP contribution >= 0.6 is 23.2 Å². The first-order chi connectivity index (χ1) is 10.0. The molecule has 0 radical (unpaired) electrons. The van der Waals surface area contributed by atoms with Gasteiger partial charge in [0.05, 0.1) is 5.52 Å². The minimum Gasteiger partial charge on any atom is -0.218 e. The number of rotatable bonds is 3. The molecule has 0 unspecified atom stereocenters. The minimum absolute atomic E-state index is 0.167. The van der Waals surface area contributed by atoms with Crippen LogP contribution in [0.3, 0.4) is 0 Å². The van der Waals surface area contributed by atoms with E-state index in [0.29, 0.717) is 5.15 Å². The van der Waals surface area contributed by atoms with E-state index in [-0.39, 0.29) is 5.28 Å². The Morgan fingerprint density at radius 2 is 1.71 bits per heavy atom. The third kappa shape index (κ3) is 3.57. The van der Waals surface area contributed by atoms with E-state index in [1.807, 2.05) is 18.2 Å². The predicted octanol–water partition coefficient (Wildman–Crippen LogP) is 5.34. The third-order valence-electron chi connectivity index (χ3n) is 4.12. The zero-order chi connectivity index (χ0) is 15.5. The van der Waals surface area contributed by atoms with Gasteiger partial charge in [-0.2, -0.15) is 0 Å². The summed E-state index contributed by atoms with van der Waals surface area (Å²) >= 11 is 11.9. The van der Waals surface area contributed by atoms with Crippen molar-refractivity contribution in [1.82, 2.24) is 9.97 Å². The molecule has 0 spiro atoms. The molecule has 2 aromatic rings. The maximum absolute atomic E-state index is 6.13. The lowest BCUT2D eigenvalue weighted by Gasteiger charge is -2.20. The number of halogens is 2. The summed E-state index contributed by atoms with van der Waals surface area (Å²) in [5, 5.41) is 1.34. The van der Waals surface area contributed by atoms with E-state index < -0.39 is 8.07 Å². The molecule has 5 heteroatoms. The van der Waals surface area contributed by atoms with Crippen molar-refractivity contribution in [3.63, 3.8) is 0 Å². The summed E-state index contributed by atoms with van der Waals surface area (Å²) < 4.78 is 0. The second kappa shape index (κ2) is 6.78. The molecule has 0 atom stereocenters. The Morgan fingerprint density at radius 3 is 2.33 bits per heavy atom. The van der Waals surface area contributed by atoms with Crippen molar-refractivity contribution in [1.29, 1.82) is 0 Å². The molecule has 0 saturated heterocycles. The van der Waals surface area contributed by atoms with Gasteiger partial charge in [0.15, 0.2) is 0 Å². The molecule has 0 fully saturated rings. The Morgan fingerprint density at radius 1 is 1.05 bits per heavy atom. The smallest absolute Gasteiger partial charge is 0.218 e. The number of benzene rings is 1. The van der Waals surface area contributed by atoms with Crippen molar-refractivity contribution in [2.24, 2.45) is 0 Å². The largest absolute Gasteiger partial charge is 0.224 e. The van der Waals surface area contributed by atoms with E-state index in [1.54, 1.807) is 0 Å². The van der Waals surface area contributed by atoms with Gasteiger partial charge in [-0.1, -0.05) is 38.3 Å². The predicted molar refractivity (Wildman–Crippen MR) is 93.6 cm³/mol. The summed E-state index contributed by atoms with van der Waals surface area (Å²) in [4.78, 5) is 8.15. The zero-order valence-corrected chi connectivity index (χ0v) is 15.0. The summed E-state index contributed by atoms with van der Waals surface area (Å²) in [6.07, 6.45) is 0. The van der Waals surface area contributed by atoms with Crippen LogP contribution in [0.5, 0.6) is 0 Å². The highest BCUT2D eigenvalue weighted by atomic mass is 35.5. The number of hydrogen-bond acceptors (Lipinski definition) is 2. The Labute approximate surface area is 136 Å². The maximum Gasteiger partial charge on any atom is 0.224 e. The van der Waals surface area contributed by atoms with Crippen LogP contribution in [-0.4, -0.2) is 18.0 Å². The van der Waals surface area contributed by atoms with Crippen LogP contribution in [0.1, 0.15) is 26.3 Å². The van der Waals surface area contributed by atoms with Crippen LogP contribution in [0, 0.1) is 11.5 Å². The van der Waals surface area contributed by atoms with E-state index in [4.69, 9.17) is 23.2 Å². The molecule has 0 aliphatic carbocycles. The molecule has 110 valence electrons. The topological polar surface area (TPSA) is 25.8 Å². The second-order valence-electron chi connectivity index (χ2n) is 5.11. The lowest BCUT2D eigenvalue weighted by atomic mass is 10.1. The highest BCUT2D eigenvalue weighted by Gasteiger charge is 2.24.